The minimum absolute atomic E-state index is 0.0431. The number of thiocarbonyl (C=S) groups is 1. The molecule has 12 heavy (non-hydrogen) atoms. The summed E-state index contributed by atoms with van der Waals surface area (Å²) in [5, 5.41) is 3.26. The summed E-state index contributed by atoms with van der Waals surface area (Å²) in [5.74, 6) is 0.0431. The molecule has 1 heterocycles. The molecule has 0 spiro atoms. The number of nitrogens with zero attached hydrogens (tertiary/aromatic N) is 1. The summed E-state index contributed by atoms with van der Waals surface area (Å²) in [6, 6.07) is 1.80. The van der Waals surface area contributed by atoms with Gasteiger partial charge in [-0.2, -0.15) is 0 Å². The molecule has 4 heteroatoms. The van der Waals surface area contributed by atoms with E-state index in [-0.39, 0.29) is 5.78 Å². The smallest absolute Gasteiger partial charge is 0.171 e. The summed E-state index contributed by atoms with van der Waals surface area (Å²) in [6.45, 7) is 1.53. The molecular weight excluding hydrogens is 190 g/mol. The third-order valence-electron chi connectivity index (χ3n) is 1.24. The zero-order valence-corrected chi connectivity index (χ0v) is 8.11. The Hall–Kier alpha value is -0.870. The summed E-state index contributed by atoms with van der Waals surface area (Å²) in [6.07, 6.45) is 1.50. The van der Waals surface area contributed by atoms with E-state index in [4.69, 9.17) is 0 Å². The van der Waals surface area contributed by atoms with Crippen LogP contribution in [0.3, 0.4) is 0 Å². The molecule has 1 aromatic heterocycles. The molecule has 0 bridgehead atoms. The molecule has 0 aliphatic heterocycles. The number of Topliss-reactive ketones (excluding diaryl/α,β-unsaturated/α-hetero) is 1. The van der Waals surface area contributed by atoms with E-state index in [1.54, 1.807) is 6.07 Å². The highest BCUT2D eigenvalue weighted by Crippen LogP contribution is 2.24. The molecule has 1 aromatic rings. The summed E-state index contributed by atoms with van der Waals surface area (Å²) in [4.78, 5) is 15.7. The van der Waals surface area contributed by atoms with Crippen LogP contribution in [0.2, 0.25) is 0 Å². The van der Waals surface area contributed by atoms with Gasteiger partial charge in [-0.15, -0.1) is 11.3 Å². The normalized spacial score (nSPS) is 10.4. The summed E-state index contributed by atoms with van der Waals surface area (Å²) >= 11 is 5.98. The third kappa shape index (κ3) is 2.06. The topological polar surface area (TPSA) is 29.4 Å². The van der Waals surface area contributed by atoms with E-state index < -0.39 is 0 Å². The minimum atomic E-state index is 0.0431. The van der Waals surface area contributed by atoms with E-state index in [9.17, 15) is 4.79 Å². The largest absolute Gasteiger partial charge is 0.294 e. The zero-order valence-electron chi connectivity index (χ0n) is 6.48. The molecule has 0 saturated carbocycles. The molecule has 0 aliphatic rings. The Labute approximate surface area is 79.9 Å². The van der Waals surface area contributed by atoms with E-state index in [0.717, 1.165) is 0 Å². The monoisotopic (exact) mass is 197 g/mol. The van der Waals surface area contributed by atoms with E-state index >= 15 is 0 Å². The van der Waals surface area contributed by atoms with Crippen molar-refractivity contribution in [2.24, 2.45) is 4.99 Å². The van der Waals surface area contributed by atoms with E-state index in [0.29, 0.717) is 10.6 Å². The number of hydrogen-bond acceptors (Lipinski definition) is 4. The second-order valence-electron chi connectivity index (χ2n) is 2.11. The molecule has 1 rings (SSSR count). The predicted molar refractivity (Wildman–Crippen MR) is 56.1 cm³/mol. The van der Waals surface area contributed by atoms with Crippen molar-refractivity contribution < 1.29 is 4.79 Å². The first-order chi connectivity index (χ1) is 5.75. The lowest BCUT2D eigenvalue weighted by Crippen LogP contribution is -1.86. The number of thiophene rings is 1. The summed E-state index contributed by atoms with van der Waals surface area (Å²) in [7, 11) is 0. The maximum atomic E-state index is 11.0. The van der Waals surface area contributed by atoms with Gasteiger partial charge >= 0.3 is 0 Å². The number of carbonyl (C=O) groups excluding carboxylic acids is 1. The van der Waals surface area contributed by atoms with Gasteiger partial charge in [0.05, 0.1) is 10.6 Å². The van der Waals surface area contributed by atoms with Gasteiger partial charge in [-0.25, -0.2) is 0 Å². The standard InChI is InChI=1S/C8H7NOS2/c1-6(10)8-7(2-5-12-8)9-3-4-11/h2-5H,1H3. The first-order valence-electron chi connectivity index (χ1n) is 3.32. The number of hydrogen-bond donors (Lipinski definition) is 0. The van der Waals surface area contributed by atoms with Crippen molar-refractivity contribution in [2.45, 2.75) is 6.92 Å². The first kappa shape index (κ1) is 9.22. The lowest BCUT2D eigenvalue weighted by Gasteiger charge is -1.90. The van der Waals surface area contributed by atoms with Crippen LogP contribution in [0.25, 0.3) is 0 Å². The van der Waals surface area contributed by atoms with Gasteiger partial charge in [-0.05, 0) is 11.4 Å². The quantitative estimate of drug-likeness (QED) is 0.423. The van der Waals surface area contributed by atoms with Crippen molar-refractivity contribution in [2.75, 3.05) is 0 Å². The molecule has 2 nitrogen and oxygen atoms in total. The number of aliphatic imine (C=N–C) groups is 1. The molecule has 62 valence electrons. The van der Waals surface area contributed by atoms with Gasteiger partial charge in [0.1, 0.15) is 0 Å². The molecule has 0 unspecified atom stereocenters. The van der Waals surface area contributed by atoms with Gasteiger partial charge in [0.15, 0.2) is 5.78 Å². The Morgan fingerprint density at radius 1 is 1.75 bits per heavy atom. The van der Waals surface area contributed by atoms with Crippen molar-refractivity contribution in [3.8, 4) is 0 Å². The predicted octanol–water partition coefficient (Wildman–Crippen LogP) is 2.65. The zero-order chi connectivity index (χ0) is 8.97. The Morgan fingerprint density at radius 2 is 2.50 bits per heavy atom. The van der Waals surface area contributed by atoms with Crippen LogP contribution in [-0.4, -0.2) is 17.4 Å². The highest BCUT2D eigenvalue weighted by atomic mass is 32.1. The molecule has 0 atom stereocenters. The molecule has 0 aromatic carbocycles. The van der Waals surface area contributed by atoms with E-state index in [1.807, 2.05) is 5.38 Å². The maximum absolute atomic E-state index is 11.0. The molecule has 0 saturated heterocycles. The Balaban J connectivity index is 2.99. The lowest BCUT2D eigenvalue weighted by molar-refractivity contribution is 0.102. The molecule has 0 fully saturated rings. The van der Waals surface area contributed by atoms with E-state index in [2.05, 4.69) is 17.2 Å². The molecule has 0 radical (unpaired) electrons. The molecule has 0 N–H and O–H groups in total. The van der Waals surface area contributed by atoms with Crippen molar-refractivity contribution in [1.82, 2.24) is 0 Å². The van der Waals surface area contributed by atoms with Crippen LogP contribution in [0.15, 0.2) is 16.4 Å². The first-order valence-corrected chi connectivity index (χ1v) is 4.67. The SMILES string of the molecule is CC(=O)c1sccc1N=CC=S. The molecule has 0 amide bonds. The average Bonchev–Trinajstić information content (AvgIpc) is 2.48. The number of rotatable bonds is 3. The summed E-state index contributed by atoms with van der Waals surface area (Å²) in [5.41, 5.74) is 0.702. The van der Waals surface area contributed by atoms with Crippen molar-refractivity contribution in [3.05, 3.63) is 16.3 Å². The van der Waals surface area contributed by atoms with Crippen LogP contribution in [0, 0.1) is 0 Å². The fourth-order valence-electron chi connectivity index (χ4n) is 0.778. The highest BCUT2D eigenvalue weighted by Gasteiger charge is 2.06. The van der Waals surface area contributed by atoms with Crippen molar-refractivity contribution in [3.63, 3.8) is 0 Å². The third-order valence-corrected chi connectivity index (χ3v) is 2.36. The Kier molecular flexibility index (Phi) is 3.25. The Morgan fingerprint density at radius 3 is 3.08 bits per heavy atom. The highest BCUT2D eigenvalue weighted by molar-refractivity contribution is 7.80. The lowest BCUT2D eigenvalue weighted by atomic mass is 10.3. The van der Waals surface area contributed by atoms with Gasteiger partial charge in [0.2, 0.25) is 0 Å². The molecule has 0 aliphatic carbocycles. The second kappa shape index (κ2) is 4.23. The van der Waals surface area contributed by atoms with Crippen molar-refractivity contribution >= 4 is 46.6 Å². The number of ketones is 1. The van der Waals surface area contributed by atoms with Gasteiger partial charge in [0, 0.05) is 18.5 Å². The minimum Gasteiger partial charge on any atom is -0.294 e. The number of carbonyl (C=O) groups is 1. The van der Waals surface area contributed by atoms with Crippen LogP contribution in [-0.2, 0) is 0 Å². The average molecular weight is 197 g/mol. The van der Waals surface area contributed by atoms with Crippen LogP contribution in [0.1, 0.15) is 16.6 Å². The van der Waals surface area contributed by atoms with Crippen molar-refractivity contribution in [1.29, 1.82) is 0 Å². The van der Waals surface area contributed by atoms with Gasteiger partial charge in [-0.3, -0.25) is 9.79 Å². The van der Waals surface area contributed by atoms with Gasteiger partial charge in [0.25, 0.3) is 0 Å². The van der Waals surface area contributed by atoms with Gasteiger partial charge in [-0.1, -0.05) is 12.2 Å². The fourth-order valence-corrected chi connectivity index (χ4v) is 1.58. The van der Waals surface area contributed by atoms with Crippen LogP contribution in [0.5, 0.6) is 0 Å². The summed E-state index contributed by atoms with van der Waals surface area (Å²) < 4.78 is 0. The second-order valence-corrected chi connectivity index (χ2v) is 3.29. The van der Waals surface area contributed by atoms with Crippen LogP contribution < -0.4 is 0 Å². The van der Waals surface area contributed by atoms with E-state index in [1.165, 1.54) is 29.8 Å². The maximum Gasteiger partial charge on any atom is 0.171 e. The Bertz CT molecular complexity index is 328. The van der Waals surface area contributed by atoms with Crippen LogP contribution in [0.4, 0.5) is 5.69 Å². The van der Waals surface area contributed by atoms with Crippen LogP contribution >= 0.6 is 23.6 Å². The van der Waals surface area contributed by atoms with Gasteiger partial charge < -0.3 is 0 Å². The fraction of sp³-hybridized carbons (Fsp3) is 0.125. The molecular formula is C8H7NOS2.